The van der Waals surface area contributed by atoms with Gasteiger partial charge in [-0.15, -0.1) is 0 Å². The van der Waals surface area contributed by atoms with Crippen molar-refractivity contribution in [1.29, 1.82) is 0 Å². The number of sulfonamides is 1. The third-order valence-electron chi connectivity index (χ3n) is 8.01. The molecular formula is C34H43N3O5S. The second kappa shape index (κ2) is 14.1. The molecule has 3 aromatic carbocycles. The minimum atomic E-state index is -4.19. The summed E-state index contributed by atoms with van der Waals surface area (Å²) < 4.78 is 35.1. The van der Waals surface area contributed by atoms with Gasteiger partial charge in [0.05, 0.1) is 17.7 Å². The molecule has 1 atom stereocenters. The Morgan fingerprint density at radius 3 is 2.21 bits per heavy atom. The lowest BCUT2D eigenvalue weighted by Gasteiger charge is -2.34. The molecule has 1 saturated carbocycles. The molecule has 8 nitrogen and oxygen atoms in total. The zero-order valence-corrected chi connectivity index (χ0v) is 26.6. The Labute approximate surface area is 256 Å². The Balaban J connectivity index is 1.77. The second-order valence-corrected chi connectivity index (χ2v) is 13.3. The van der Waals surface area contributed by atoms with Gasteiger partial charge in [-0.1, -0.05) is 73.4 Å². The average molecular weight is 606 g/mol. The van der Waals surface area contributed by atoms with Crippen LogP contribution in [0.3, 0.4) is 0 Å². The number of rotatable bonds is 12. The number of amides is 2. The molecule has 1 aliphatic carbocycles. The SMILES string of the molecule is CCC(C(=O)NC1CCCC1)N(Cc1cccc(C)c1)C(=O)CN(c1cc(C)ccc1OC)S(=O)(=O)c1ccc(C)cc1. The Morgan fingerprint density at radius 1 is 0.930 bits per heavy atom. The van der Waals surface area contributed by atoms with Crippen molar-refractivity contribution in [1.82, 2.24) is 10.2 Å². The van der Waals surface area contributed by atoms with Crippen molar-refractivity contribution in [3.63, 3.8) is 0 Å². The maximum Gasteiger partial charge on any atom is 0.264 e. The summed E-state index contributed by atoms with van der Waals surface area (Å²) in [5, 5.41) is 3.15. The predicted octanol–water partition coefficient (Wildman–Crippen LogP) is 5.68. The Hall–Kier alpha value is -3.85. The van der Waals surface area contributed by atoms with Crippen molar-refractivity contribution in [2.45, 2.75) is 83.3 Å². The van der Waals surface area contributed by atoms with E-state index in [2.05, 4.69) is 5.32 Å². The van der Waals surface area contributed by atoms with Crippen LogP contribution in [-0.2, 0) is 26.2 Å². The van der Waals surface area contributed by atoms with Gasteiger partial charge >= 0.3 is 0 Å². The highest BCUT2D eigenvalue weighted by atomic mass is 32.2. The van der Waals surface area contributed by atoms with Crippen molar-refractivity contribution >= 4 is 27.5 Å². The third-order valence-corrected chi connectivity index (χ3v) is 9.79. The maximum atomic E-state index is 14.4. The summed E-state index contributed by atoms with van der Waals surface area (Å²) in [6.07, 6.45) is 4.36. The first-order valence-corrected chi connectivity index (χ1v) is 16.4. The number of nitrogens with zero attached hydrogens (tertiary/aromatic N) is 2. The molecule has 0 aromatic heterocycles. The van der Waals surface area contributed by atoms with Crippen molar-refractivity contribution < 1.29 is 22.7 Å². The number of hydrogen-bond acceptors (Lipinski definition) is 5. The van der Waals surface area contributed by atoms with E-state index in [0.717, 1.165) is 52.2 Å². The fraction of sp³-hybridized carbons (Fsp3) is 0.412. The first-order chi connectivity index (χ1) is 20.5. The van der Waals surface area contributed by atoms with Gasteiger partial charge in [0.2, 0.25) is 11.8 Å². The lowest BCUT2D eigenvalue weighted by atomic mass is 10.1. The van der Waals surface area contributed by atoms with Crippen LogP contribution in [0.4, 0.5) is 5.69 Å². The normalized spacial score (nSPS) is 14.3. The predicted molar refractivity (Wildman–Crippen MR) is 170 cm³/mol. The van der Waals surface area contributed by atoms with Crippen LogP contribution < -0.4 is 14.4 Å². The Bertz CT molecular complexity index is 1530. The minimum absolute atomic E-state index is 0.0608. The lowest BCUT2D eigenvalue weighted by Crippen LogP contribution is -2.53. The fourth-order valence-electron chi connectivity index (χ4n) is 5.64. The van der Waals surface area contributed by atoms with Crippen LogP contribution in [0.1, 0.15) is 61.3 Å². The molecule has 0 heterocycles. The largest absolute Gasteiger partial charge is 0.495 e. The molecule has 0 bridgehead atoms. The molecule has 4 rings (SSSR count). The number of hydrogen-bond donors (Lipinski definition) is 1. The van der Waals surface area contributed by atoms with Gasteiger partial charge in [-0.3, -0.25) is 13.9 Å². The van der Waals surface area contributed by atoms with Gasteiger partial charge in [0.25, 0.3) is 10.0 Å². The fourth-order valence-corrected chi connectivity index (χ4v) is 7.06. The molecule has 1 N–H and O–H groups in total. The van der Waals surface area contributed by atoms with Crippen LogP contribution in [0.15, 0.2) is 71.6 Å². The van der Waals surface area contributed by atoms with E-state index >= 15 is 0 Å². The van der Waals surface area contributed by atoms with E-state index in [4.69, 9.17) is 4.74 Å². The van der Waals surface area contributed by atoms with Crippen LogP contribution in [0.25, 0.3) is 0 Å². The quantitative estimate of drug-likeness (QED) is 0.287. The van der Waals surface area contributed by atoms with Crippen molar-refractivity contribution in [2.75, 3.05) is 18.0 Å². The molecule has 0 spiro atoms. The molecule has 2 amide bonds. The van der Waals surface area contributed by atoms with E-state index in [1.807, 2.05) is 58.0 Å². The van der Waals surface area contributed by atoms with Crippen LogP contribution in [0.2, 0.25) is 0 Å². The van der Waals surface area contributed by atoms with Crippen LogP contribution in [-0.4, -0.2) is 50.9 Å². The summed E-state index contributed by atoms with van der Waals surface area (Å²) in [6, 6.07) is 18.9. The highest BCUT2D eigenvalue weighted by Gasteiger charge is 2.35. The average Bonchev–Trinajstić information content (AvgIpc) is 3.49. The smallest absolute Gasteiger partial charge is 0.264 e. The Morgan fingerprint density at radius 2 is 1.58 bits per heavy atom. The number of nitrogens with one attached hydrogen (secondary N) is 1. The van der Waals surface area contributed by atoms with Gasteiger partial charge in [0.1, 0.15) is 18.3 Å². The second-order valence-electron chi connectivity index (χ2n) is 11.4. The topological polar surface area (TPSA) is 96.0 Å². The number of aryl methyl sites for hydroxylation is 3. The van der Waals surface area contributed by atoms with Gasteiger partial charge in [0, 0.05) is 12.6 Å². The highest BCUT2D eigenvalue weighted by molar-refractivity contribution is 7.92. The van der Waals surface area contributed by atoms with Crippen LogP contribution >= 0.6 is 0 Å². The number of carbonyl (C=O) groups is 2. The van der Waals surface area contributed by atoms with Gasteiger partial charge in [-0.25, -0.2) is 8.42 Å². The summed E-state index contributed by atoms with van der Waals surface area (Å²) in [7, 11) is -2.72. The zero-order valence-electron chi connectivity index (χ0n) is 25.8. The standard InChI is InChI=1S/C34H43N3O5S/c1-6-30(34(39)35-28-12-7-8-13-28)36(22-27-11-9-10-25(3)20-27)33(38)23-37(31-21-26(4)16-19-32(31)42-5)43(40,41)29-17-14-24(2)15-18-29/h9-11,14-21,28,30H,6-8,12-13,22-23H2,1-5H3,(H,35,39). The molecule has 230 valence electrons. The molecule has 1 aliphatic rings. The van der Waals surface area contributed by atoms with Crippen molar-refractivity contribution in [2.24, 2.45) is 0 Å². The molecule has 1 unspecified atom stereocenters. The van der Waals surface area contributed by atoms with Crippen LogP contribution in [0.5, 0.6) is 5.75 Å². The van der Waals surface area contributed by atoms with Crippen molar-refractivity contribution in [3.8, 4) is 5.75 Å². The highest BCUT2D eigenvalue weighted by Crippen LogP contribution is 2.34. The number of carbonyl (C=O) groups excluding carboxylic acids is 2. The zero-order chi connectivity index (χ0) is 31.1. The van der Waals surface area contributed by atoms with Gasteiger partial charge < -0.3 is 15.0 Å². The van der Waals surface area contributed by atoms with E-state index in [9.17, 15) is 18.0 Å². The molecule has 0 saturated heterocycles. The number of anilines is 1. The molecular weight excluding hydrogens is 562 g/mol. The summed E-state index contributed by atoms with van der Waals surface area (Å²) in [5.41, 5.74) is 3.88. The monoisotopic (exact) mass is 605 g/mol. The molecule has 0 radical (unpaired) electrons. The molecule has 9 heteroatoms. The first kappa shape index (κ1) is 32.1. The number of benzene rings is 3. The van der Waals surface area contributed by atoms with E-state index in [1.54, 1.807) is 36.4 Å². The summed E-state index contributed by atoms with van der Waals surface area (Å²) in [4.78, 5) is 29.6. The lowest BCUT2D eigenvalue weighted by molar-refractivity contribution is -0.140. The van der Waals surface area contributed by atoms with Gasteiger partial charge in [-0.05, 0) is 75.4 Å². The minimum Gasteiger partial charge on any atom is -0.495 e. The van der Waals surface area contributed by atoms with E-state index in [-0.39, 0.29) is 29.1 Å². The number of ether oxygens (including phenoxy) is 1. The maximum absolute atomic E-state index is 14.4. The summed E-state index contributed by atoms with van der Waals surface area (Å²) >= 11 is 0. The van der Waals surface area contributed by atoms with E-state index < -0.39 is 28.5 Å². The molecule has 0 aliphatic heterocycles. The summed E-state index contributed by atoms with van der Waals surface area (Å²) in [5.74, 6) is -0.365. The van der Waals surface area contributed by atoms with Gasteiger partial charge in [-0.2, -0.15) is 0 Å². The van der Waals surface area contributed by atoms with E-state index in [0.29, 0.717) is 12.2 Å². The molecule has 43 heavy (non-hydrogen) atoms. The Kier molecular flexibility index (Phi) is 10.5. The van der Waals surface area contributed by atoms with Crippen molar-refractivity contribution in [3.05, 3.63) is 89.0 Å². The van der Waals surface area contributed by atoms with Crippen LogP contribution in [0, 0.1) is 20.8 Å². The third kappa shape index (κ3) is 7.76. The van der Waals surface area contributed by atoms with E-state index in [1.165, 1.54) is 12.0 Å². The van der Waals surface area contributed by atoms with Gasteiger partial charge in [0.15, 0.2) is 0 Å². The summed E-state index contributed by atoms with van der Waals surface area (Å²) in [6.45, 7) is 7.24. The molecule has 1 fully saturated rings. The number of methoxy groups -OCH3 is 1. The molecule has 3 aromatic rings. The first-order valence-electron chi connectivity index (χ1n) is 14.9.